The van der Waals surface area contributed by atoms with Gasteiger partial charge in [-0.15, -0.1) is 24.0 Å². The van der Waals surface area contributed by atoms with Crippen LogP contribution >= 0.6 is 24.0 Å². The first-order valence-electron chi connectivity index (χ1n) is 7.03. The van der Waals surface area contributed by atoms with E-state index in [1.807, 2.05) is 13.8 Å². The fraction of sp³-hybridized carbons (Fsp3) is 0.333. The van der Waals surface area contributed by atoms with Gasteiger partial charge in [-0.05, 0) is 18.6 Å². The van der Waals surface area contributed by atoms with Gasteiger partial charge >= 0.3 is 0 Å². The Balaban J connectivity index is 0.00000264. The maximum absolute atomic E-state index is 13.5. The van der Waals surface area contributed by atoms with Crippen LogP contribution in [0.25, 0.3) is 0 Å². The van der Waals surface area contributed by atoms with E-state index in [0.717, 1.165) is 41.6 Å². The van der Waals surface area contributed by atoms with Gasteiger partial charge in [0.05, 0.1) is 17.9 Å². The zero-order valence-electron chi connectivity index (χ0n) is 12.9. The van der Waals surface area contributed by atoms with Crippen molar-refractivity contribution in [1.29, 1.82) is 0 Å². The van der Waals surface area contributed by atoms with Gasteiger partial charge in [0.15, 0.2) is 5.96 Å². The Kier molecular flexibility index (Phi) is 7.40. The summed E-state index contributed by atoms with van der Waals surface area (Å²) in [5.74, 6) is -0.412. The number of halogens is 3. The molecule has 3 N–H and O–H groups in total. The number of aryl methyl sites for hydroxylation is 2. The predicted octanol–water partition coefficient (Wildman–Crippen LogP) is 3.62. The molecule has 0 aliphatic rings. The summed E-state index contributed by atoms with van der Waals surface area (Å²) < 4.78 is 31.8. The number of hydrogen-bond acceptors (Lipinski definition) is 3. The molecule has 0 saturated heterocycles. The Bertz CT molecular complexity index is 667. The zero-order chi connectivity index (χ0) is 16.1. The quantitative estimate of drug-likeness (QED) is 0.427. The van der Waals surface area contributed by atoms with Gasteiger partial charge in [-0.1, -0.05) is 19.0 Å². The molecular weight excluding hydrogens is 417 g/mol. The van der Waals surface area contributed by atoms with E-state index in [4.69, 9.17) is 10.3 Å². The molecule has 0 radical (unpaired) electrons. The van der Waals surface area contributed by atoms with Crippen molar-refractivity contribution in [3.05, 3.63) is 46.9 Å². The number of aromatic nitrogens is 1. The highest BCUT2D eigenvalue weighted by Gasteiger charge is 2.13. The van der Waals surface area contributed by atoms with Crippen LogP contribution in [0.4, 0.5) is 14.5 Å². The normalized spacial score (nSPS) is 11.2. The average molecular weight is 436 g/mol. The fourth-order valence-corrected chi connectivity index (χ4v) is 2.05. The summed E-state index contributed by atoms with van der Waals surface area (Å²) in [7, 11) is 0. The third-order valence-corrected chi connectivity index (χ3v) is 3.21. The van der Waals surface area contributed by atoms with Crippen LogP contribution in [0.15, 0.2) is 27.7 Å². The summed E-state index contributed by atoms with van der Waals surface area (Å²) in [6, 6.07) is 3.08. The van der Waals surface area contributed by atoms with E-state index in [9.17, 15) is 8.78 Å². The number of aliphatic imine (C=N–C) groups is 1. The molecule has 0 amide bonds. The number of rotatable bonds is 5. The lowest BCUT2D eigenvalue weighted by Gasteiger charge is -2.07. The van der Waals surface area contributed by atoms with E-state index in [1.54, 1.807) is 0 Å². The third-order valence-electron chi connectivity index (χ3n) is 3.21. The van der Waals surface area contributed by atoms with Gasteiger partial charge in [0.2, 0.25) is 0 Å². The fourth-order valence-electron chi connectivity index (χ4n) is 2.05. The highest BCUT2D eigenvalue weighted by Crippen LogP contribution is 2.18. The molecule has 126 valence electrons. The van der Waals surface area contributed by atoms with Crippen LogP contribution in [0.2, 0.25) is 0 Å². The molecule has 0 spiro atoms. The molecule has 2 aromatic rings. The number of nitrogens with zero attached hydrogens (tertiary/aromatic N) is 2. The lowest BCUT2D eigenvalue weighted by atomic mass is 10.1. The Morgan fingerprint density at radius 3 is 2.70 bits per heavy atom. The number of guanidine groups is 1. The van der Waals surface area contributed by atoms with Crippen LogP contribution in [0, 0.1) is 11.6 Å². The van der Waals surface area contributed by atoms with Crippen LogP contribution in [0.5, 0.6) is 0 Å². The first kappa shape index (κ1) is 19.3. The molecule has 1 heterocycles. The average Bonchev–Trinajstić information content (AvgIpc) is 2.90. The SMILES string of the molecule is CCc1noc(CC)c1CN=C(N)Nc1cc(F)ccc1F.I. The second-order valence-electron chi connectivity index (χ2n) is 4.69. The second kappa shape index (κ2) is 8.80. The van der Waals surface area contributed by atoms with Crippen molar-refractivity contribution >= 4 is 35.6 Å². The Morgan fingerprint density at radius 1 is 1.30 bits per heavy atom. The number of nitrogens with one attached hydrogen (secondary N) is 1. The first-order valence-corrected chi connectivity index (χ1v) is 7.03. The molecule has 8 heteroatoms. The standard InChI is InChI=1S/C15H18F2N4O.HI/c1-3-12-10(14(4-2)22-21-12)8-19-15(18)20-13-7-9(16)5-6-11(13)17;/h5-7H,3-4,8H2,1-2H3,(H3,18,19,20);1H. The minimum atomic E-state index is -0.604. The molecule has 0 bridgehead atoms. The van der Waals surface area contributed by atoms with Crippen molar-refractivity contribution in [3.8, 4) is 0 Å². The minimum Gasteiger partial charge on any atom is -0.370 e. The second-order valence-corrected chi connectivity index (χ2v) is 4.69. The minimum absolute atomic E-state index is 0. The largest absolute Gasteiger partial charge is 0.370 e. The van der Waals surface area contributed by atoms with E-state index in [1.165, 1.54) is 0 Å². The smallest absolute Gasteiger partial charge is 0.193 e. The summed E-state index contributed by atoms with van der Waals surface area (Å²) >= 11 is 0. The predicted molar refractivity (Wildman–Crippen MR) is 96.0 cm³/mol. The van der Waals surface area contributed by atoms with E-state index in [2.05, 4.69) is 15.5 Å². The van der Waals surface area contributed by atoms with Gasteiger partial charge in [-0.3, -0.25) is 0 Å². The summed E-state index contributed by atoms with van der Waals surface area (Å²) in [5, 5.41) is 6.53. The molecular formula is C15H19F2IN4O. The number of nitrogens with two attached hydrogens (primary N) is 1. The molecule has 5 nitrogen and oxygen atoms in total. The van der Waals surface area contributed by atoms with Gasteiger partial charge in [0.1, 0.15) is 17.4 Å². The molecule has 2 rings (SSSR count). The van der Waals surface area contributed by atoms with Gasteiger partial charge in [-0.2, -0.15) is 0 Å². The summed E-state index contributed by atoms with van der Waals surface area (Å²) in [6.45, 7) is 4.19. The van der Waals surface area contributed by atoms with Crippen molar-refractivity contribution in [3.63, 3.8) is 0 Å². The van der Waals surface area contributed by atoms with Gasteiger partial charge < -0.3 is 15.6 Å². The summed E-state index contributed by atoms with van der Waals surface area (Å²) in [6.07, 6.45) is 1.42. The Hall–Kier alpha value is -1.71. The summed E-state index contributed by atoms with van der Waals surface area (Å²) in [4.78, 5) is 4.14. The highest BCUT2D eigenvalue weighted by atomic mass is 127. The van der Waals surface area contributed by atoms with Crippen molar-refractivity contribution in [2.45, 2.75) is 33.2 Å². The van der Waals surface area contributed by atoms with Crippen molar-refractivity contribution < 1.29 is 13.3 Å². The number of hydrogen-bond donors (Lipinski definition) is 2. The van der Waals surface area contributed by atoms with Crippen LogP contribution in [0.3, 0.4) is 0 Å². The molecule has 0 unspecified atom stereocenters. The number of benzene rings is 1. The van der Waals surface area contributed by atoms with Crippen molar-refractivity contribution in [2.24, 2.45) is 10.7 Å². The molecule has 1 aromatic carbocycles. The van der Waals surface area contributed by atoms with Crippen LogP contribution < -0.4 is 11.1 Å². The molecule has 0 aliphatic heterocycles. The molecule has 23 heavy (non-hydrogen) atoms. The maximum Gasteiger partial charge on any atom is 0.193 e. The molecule has 0 atom stereocenters. The Morgan fingerprint density at radius 2 is 2.04 bits per heavy atom. The van der Waals surface area contributed by atoms with Gasteiger partial charge in [0.25, 0.3) is 0 Å². The lowest BCUT2D eigenvalue weighted by molar-refractivity contribution is 0.380. The van der Waals surface area contributed by atoms with E-state index in [0.29, 0.717) is 6.42 Å². The molecule has 0 saturated carbocycles. The van der Waals surface area contributed by atoms with Crippen LogP contribution in [-0.2, 0) is 19.4 Å². The molecule has 0 fully saturated rings. The zero-order valence-corrected chi connectivity index (χ0v) is 15.2. The van der Waals surface area contributed by atoms with E-state index < -0.39 is 11.6 Å². The van der Waals surface area contributed by atoms with Crippen molar-refractivity contribution in [2.75, 3.05) is 5.32 Å². The Labute approximate surface area is 150 Å². The van der Waals surface area contributed by atoms with Gasteiger partial charge in [0, 0.05) is 18.1 Å². The van der Waals surface area contributed by atoms with Crippen LogP contribution in [0.1, 0.15) is 30.9 Å². The lowest BCUT2D eigenvalue weighted by Crippen LogP contribution is -2.23. The summed E-state index contributed by atoms with van der Waals surface area (Å²) in [5.41, 5.74) is 7.37. The molecule has 0 aliphatic carbocycles. The maximum atomic E-state index is 13.5. The van der Waals surface area contributed by atoms with Crippen LogP contribution in [-0.4, -0.2) is 11.1 Å². The van der Waals surface area contributed by atoms with E-state index >= 15 is 0 Å². The first-order chi connectivity index (χ1) is 10.5. The monoisotopic (exact) mass is 436 g/mol. The van der Waals surface area contributed by atoms with E-state index in [-0.39, 0.29) is 42.2 Å². The number of anilines is 1. The molecule has 1 aromatic heterocycles. The third kappa shape index (κ3) is 4.88. The topological polar surface area (TPSA) is 76.4 Å². The van der Waals surface area contributed by atoms with Crippen molar-refractivity contribution in [1.82, 2.24) is 5.16 Å². The van der Waals surface area contributed by atoms with Gasteiger partial charge in [-0.25, -0.2) is 13.8 Å². The highest BCUT2D eigenvalue weighted by molar-refractivity contribution is 14.0.